The minimum absolute atomic E-state index is 0.0280. The zero-order chi connectivity index (χ0) is 14.5. The average molecular weight is 281 g/mol. The van der Waals surface area contributed by atoms with Crippen molar-refractivity contribution < 1.29 is 23.9 Å². The van der Waals surface area contributed by atoms with Crippen LogP contribution in [0.4, 0.5) is 5.69 Å². The molecule has 20 heavy (non-hydrogen) atoms. The van der Waals surface area contributed by atoms with E-state index in [1.807, 2.05) is 6.92 Å². The molecule has 7 nitrogen and oxygen atoms in total. The molecule has 1 unspecified atom stereocenters. The van der Waals surface area contributed by atoms with Gasteiger partial charge in [0.2, 0.25) is 0 Å². The highest BCUT2D eigenvalue weighted by atomic mass is 16.7. The van der Waals surface area contributed by atoms with Crippen LogP contribution in [-0.4, -0.2) is 37.1 Å². The Kier molecular flexibility index (Phi) is 2.93. The maximum atomic E-state index is 10.8. The van der Waals surface area contributed by atoms with E-state index in [1.165, 1.54) is 26.4 Å². The Morgan fingerprint density at radius 1 is 1.40 bits per heavy atom. The first kappa shape index (κ1) is 13.3. The van der Waals surface area contributed by atoms with Gasteiger partial charge in [-0.2, -0.15) is 0 Å². The van der Waals surface area contributed by atoms with E-state index in [1.54, 1.807) is 6.07 Å². The van der Waals surface area contributed by atoms with Crippen LogP contribution in [-0.2, 0) is 14.2 Å². The van der Waals surface area contributed by atoms with Crippen molar-refractivity contribution in [2.24, 2.45) is 0 Å². The zero-order valence-corrected chi connectivity index (χ0v) is 11.4. The number of ether oxygens (including phenoxy) is 4. The quantitative estimate of drug-likeness (QED) is 0.362. The first-order valence-electron chi connectivity index (χ1n) is 6.19. The number of fused-ring (bicyclic) bond motifs is 3. The maximum Gasteiger partial charge on any atom is 0.270 e. The van der Waals surface area contributed by atoms with E-state index in [2.05, 4.69) is 0 Å². The molecule has 3 rings (SSSR count). The summed E-state index contributed by atoms with van der Waals surface area (Å²) in [6.45, 7) is 1.85. The van der Waals surface area contributed by atoms with E-state index in [4.69, 9.17) is 18.9 Å². The van der Waals surface area contributed by atoms with Crippen LogP contribution in [0.5, 0.6) is 5.75 Å². The number of rotatable bonds is 4. The molecule has 2 aliphatic heterocycles. The van der Waals surface area contributed by atoms with Gasteiger partial charge in [0.15, 0.2) is 11.9 Å². The van der Waals surface area contributed by atoms with Gasteiger partial charge in [-0.15, -0.1) is 0 Å². The number of nitrogens with zero attached hydrogens (tertiary/aromatic N) is 1. The van der Waals surface area contributed by atoms with E-state index in [0.717, 1.165) is 0 Å². The Labute approximate surface area is 115 Å². The molecule has 1 saturated heterocycles. The maximum absolute atomic E-state index is 10.8. The SMILES string of the molecule is COC(OC)C1(C)Oc2ccc([N+](=O)[O-])cc2[C@@H]2O[C@@H]21. The third-order valence-corrected chi connectivity index (χ3v) is 3.79. The van der Waals surface area contributed by atoms with Crippen molar-refractivity contribution in [3.05, 3.63) is 33.9 Å². The van der Waals surface area contributed by atoms with Gasteiger partial charge in [-0.25, -0.2) is 0 Å². The fraction of sp³-hybridized carbons (Fsp3) is 0.538. The fourth-order valence-corrected chi connectivity index (χ4v) is 2.79. The minimum Gasteiger partial charge on any atom is -0.479 e. The van der Waals surface area contributed by atoms with Crippen LogP contribution in [0.2, 0.25) is 0 Å². The van der Waals surface area contributed by atoms with Gasteiger partial charge in [0.1, 0.15) is 18.0 Å². The molecule has 108 valence electrons. The van der Waals surface area contributed by atoms with Gasteiger partial charge >= 0.3 is 0 Å². The lowest BCUT2D eigenvalue weighted by Crippen LogP contribution is -2.53. The van der Waals surface area contributed by atoms with Gasteiger partial charge in [-0.1, -0.05) is 0 Å². The molecular formula is C13H15NO6. The highest BCUT2D eigenvalue weighted by molar-refractivity contribution is 5.49. The molecule has 0 saturated carbocycles. The second kappa shape index (κ2) is 4.41. The highest BCUT2D eigenvalue weighted by Crippen LogP contribution is 2.55. The molecule has 2 aliphatic rings. The molecule has 1 aromatic rings. The highest BCUT2D eigenvalue weighted by Gasteiger charge is 2.63. The van der Waals surface area contributed by atoms with E-state index < -0.39 is 16.8 Å². The molecule has 0 aromatic heterocycles. The smallest absolute Gasteiger partial charge is 0.270 e. The number of hydrogen-bond acceptors (Lipinski definition) is 6. The van der Waals surface area contributed by atoms with Crippen molar-refractivity contribution in [3.8, 4) is 5.75 Å². The summed E-state index contributed by atoms with van der Waals surface area (Å²) in [5.41, 5.74) is -0.0509. The number of non-ortho nitro benzene ring substituents is 1. The van der Waals surface area contributed by atoms with E-state index in [0.29, 0.717) is 11.3 Å². The van der Waals surface area contributed by atoms with Gasteiger partial charge in [0, 0.05) is 31.9 Å². The van der Waals surface area contributed by atoms with Crippen LogP contribution in [0.25, 0.3) is 0 Å². The van der Waals surface area contributed by atoms with Crippen LogP contribution in [0.3, 0.4) is 0 Å². The molecule has 1 fully saturated rings. The molecule has 2 heterocycles. The lowest BCUT2D eigenvalue weighted by atomic mass is 9.91. The summed E-state index contributed by atoms with van der Waals surface area (Å²) in [6, 6.07) is 4.50. The molecule has 0 radical (unpaired) electrons. The van der Waals surface area contributed by atoms with Crippen molar-refractivity contribution in [2.45, 2.75) is 31.0 Å². The van der Waals surface area contributed by atoms with Crippen molar-refractivity contribution >= 4 is 5.69 Å². The van der Waals surface area contributed by atoms with Crippen molar-refractivity contribution in [1.29, 1.82) is 0 Å². The second-order valence-corrected chi connectivity index (χ2v) is 5.05. The summed E-state index contributed by atoms with van der Waals surface area (Å²) < 4.78 is 22.1. The number of hydrogen-bond donors (Lipinski definition) is 0. The number of benzene rings is 1. The molecule has 3 atom stereocenters. The first-order valence-corrected chi connectivity index (χ1v) is 6.19. The summed E-state index contributed by atoms with van der Waals surface area (Å²) >= 11 is 0. The molecule has 0 spiro atoms. The molecular weight excluding hydrogens is 266 g/mol. The van der Waals surface area contributed by atoms with Crippen LogP contribution in [0.1, 0.15) is 18.6 Å². The van der Waals surface area contributed by atoms with E-state index >= 15 is 0 Å². The van der Waals surface area contributed by atoms with Gasteiger partial charge in [-0.3, -0.25) is 10.1 Å². The van der Waals surface area contributed by atoms with E-state index in [9.17, 15) is 10.1 Å². The topological polar surface area (TPSA) is 83.4 Å². The van der Waals surface area contributed by atoms with Gasteiger partial charge in [-0.05, 0) is 13.0 Å². The molecule has 1 aromatic carbocycles. The van der Waals surface area contributed by atoms with Crippen LogP contribution in [0, 0.1) is 10.1 Å². The molecule has 7 heteroatoms. The standard InChI is InChI=1S/C13H15NO6/c1-13(12(17-2)18-3)11-10(19-11)8-6-7(14(15)16)4-5-9(8)20-13/h4-6,10-12H,1-3H3/t10-,11-,13?/m0/s1. The number of nitro groups is 1. The van der Waals surface area contributed by atoms with Gasteiger partial charge < -0.3 is 18.9 Å². The van der Waals surface area contributed by atoms with Crippen LogP contribution < -0.4 is 4.74 Å². The summed E-state index contributed by atoms with van der Waals surface area (Å²) in [4.78, 5) is 10.4. The summed E-state index contributed by atoms with van der Waals surface area (Å²) in [5.74, 6) is 0.566. The molecule has 0 bridgehead atoms. The van der Waals surface area contributed by atoms with Crippen molar-refractivity contribution in [3.63, 3.8) is 0 Å². The van der Waals surface area contributed by atoms with Crippen LogP contribution >= 0.6 is 0 Å². The Morgan fingerprint density at radius 3 is 2.70 bits per heavy atom. The monoisotopic (exact) mass is 281 g/mol. The molecule has 0 aliphatic carbocycles. The van der Waals surface area contributed by atoms with Gasteiger partial charge in [0.25, 0.3) is 5.69 Å². The van der Waals surface area contributed by atoms with Crippen molar-refractivity contribution in [2.75, 3.05) is 14.2 Å². The first-order chi connectivity index (χ1) is 9.51. The lowest BCUT2D eigenvalue weighted by molar-refractivity contribution is -0.385. The largest absolute Gasteiger partial charge is 0.479 e. The van der Waals surface area contributed by atoms with E-state index in [-0.39, 0.29) is 17.9 Å². The molecule has 0 amide bonds. The third kappa shape index (κ3) is 1.78. The third-order valence-electron chi connectivity index (χ3n) is 3.79. The van der Waals surface area contributed by atoms with Crippen molar-refractivity contribution in [1.82, 2.24) is 0 Å². The second-order valence-electron chi connectivity index (χ2n) is 5.05. The van der Waals surface area contributed by atoms with Crippen LogP contribution in [0.15, 0.2) is 18.2 Å². The number of methoxy groups -OCH3 is 2. The Morgan fingerprint density at radius 2 is 2.10 bits per heavy atom. The number of nitro benzene ring substituents is 1. The predicted octanol–water partition coefficient (Wildman–Crippen LogP) is 1.80. The number of epoxide rings is 1. The normalized spacial score (nSPS) is 30.4. The minimum atomic E-state index is -0.780. The predicted molar refractivity (Wildman–Crippen MR) is 67.5 cm³/mol. The molecule has 0 N–H and O–H groups in total. The fourth-order valence-electron chi connectivity index (χ4n) is 2.79. The lowest BCUT2D eigenvalue weighted by Gasteiger charge is -2.37. The van der Waals surface area contributed by atoms with Gasteiger partial charge in [0.05, 0.1) is 4.92 Å². The Bertz CT molecular complexity index is 558. The Hall–Kier alpha value is -1.70. The Balaban J connectivity index is 1.97. The zero-order valence-electron chi connectivity index (χ0n) is 11.4. The average Bonchev–Trinajstić information content (AvgIpc) is 3.21. The summed E-state index contributed by atoms with van der Waals surface area (Å²) in [6.07, 6.45) is -1.03. The summed E-state index contributed by atoms with van der Waals surface area (Å²) in [5, 5.41) is 10.8. The summed E-state index contributed by atoms with van der Waals surface area (Å²) in [7, 11) is 3.07.